The van der Waals surface area contributed by atoms with E-state index in [1.165, 1.54) is 17.8 Å². The number of hydrogen-bond donors (Lipinski definition) is 2. The first-order chi connectivity index (χ1) is 8.52. The molecule has 0 aliphatic carbocycles. The van der Waals surface area contributed by atoms with E-state index in [4.69, 9.17) is 5.11 Å². The molecule has 0 radical (unpaired) electrons. The summed E-state index contributed by atoms with van der Waals surface area (Å²) in [6.07, 6.45) is 0.704. The van der Waals surface area contributed by atoms with Gasteiger partial charge < -0.3 is 10.4 Å². The predicted octanol–water partition coefficient (Wildman–Crippen LogP) is 2.81. The summed E-state index contributed by atoms with van der Waals surface area (Å²) in [7, 11) is 0. The van der Waals surface area contributed by atoms with E-state index in [0.29, 0.717) is 17.1 Å². The molecule has 1 atom stereocenters. The Kier molecular flexibility index (Phi) is 6.60. The lowest BCUT2D eigenvalue weighted by atomic mass is 10.2. The van der Waals surface area contributed by atoms with Crippen LogP contribution in [-0.4, -0.2) is 29.5 Å². The van der Waals surface area contributed by atoms with Crippen LogP contribution in [0.3, 0.4) is 0 Å². The lowest BCUT2D eigenvalue weighted by Crippen LogP contribution is -2.37. The quantitative estimate of drug-likeness (QED) is 0.751. The van der Waals surface area contributed by atoms with Crippen molar-refractivity contribution in [3.8, 4) is 0 Å². The van der Waals surface area contributed by atoms with Gasteiger partial charge in [0.25, 0.3) is 0 Å². The topological polar surface area (TPSA) is 32.3 Å². The first-order valence-electron chi connectivity index (χ1n) is 5.97. The molecule has 1 rings (SSSR count). The van der Waals surface area contributed by atoms with Crippen LogP contribution in [0, 0.1) is 11.6 Å². The van der Waals surface area contributed by atoms with Crippen molar-refractivity contribution in [1.82, 2.24) is 5.32 Å². The first kappa shape index (κ1) is 15.4. The standard InChI is InChI=1S/C13H19F2NOS/c1-9(2)16-11(8-17)5-6-18-13-7-10(14)3-4-12(13)15/h3-4,7,9,11,16-17H,5-6,8H2,1-2H3. The molecule has 0 saturated carbocycles. The van der Waals surface area contributed by atoms with Crippen LogP contribution in [0.4, 0.5) is 8.78 Å². The second-order valence-corrected chi connectivity index (χ2v) is 5.55. The third kappa shape index (κ3) is 5.33. The monoisotopic (exact) mass is 275 g/mol. The van der Waals surface area contributed by atoms with Gasteiger partial charge in [0.15, 0.2) is 0 Å². The molecule has 0 heterocycles. The summed E-state index contributed by atoms with van der Waals surface area (Å²) in [6.45, 7) is 4.05. The predicted molar refractivity (Wildman–Crippen MR) is 70.8 cm³/mol. The summed E-state index contributed by atoms with van der Waals surface area (Å²) in [5.41, 5.74) is 0. The number of aliphatic hydroxyl groups is 1. The van der Waals surface area contributed by atoms with Gasteiger partial charge >= 0.3 is 0 Å². The molecule has 1 unspecified atom stereocenters. The molecule has 2 nitrogen and oxygen atoms in total. The average Bonchev–Trinajstić information content (AvgIpc) is 2.31. The second-order valence-electron chi connectivity index (χ2n) is 4.41. The summed E-state index contributed by atoms with van der Waals surface area (Å²) < 4.78 is 26.3. The van der Waals surface area contributed by atoms with Gasteiger partial charge in [-0.2, -0.15) is 0 Å². The highest BCUT2D eigenvalue weighted by Crippen LogP contribution is 2.23. The maximum Gasteiger partial charge on any atom is 0.136 e. The fourth-order valence-electron chi connectivity index (χ4n) is 1.60. The molecule has 0 aliphatic heterocycles. The van der Waals surface area contributed by atoms with E-state index in [1.807, 2.05) is 13.8 Å². The molecule has 2 N–H and O–H groups in total. The average molecular weight is 275 g/mol. The maximum atomic E-state index is 13.3. The molecule has 102 valence electrons. The zero-order chi connectivity index (χ0) is 13.5. The van der Waals surface area contributed by atoms with E-state index in [-0.39, 0.29) is 18.7 Å². The molecule has 5 heteroatoms. The Morgan fingerprint density at radius 2 is 2.06 bits per heavy atom. The molecule has 0 saturated heterocycles. The highest BCUT2D eigenvalue weighted by atomic mass is 32.2. The number of benzene rings is 1. The minimum atomic E-state index is -0.432. The minimum absolute atomic E-state index is 0.00544. The van der Waals surface area contributed by atoms with Crippen molar-refractivity contribution >= 4 is 11.8 Å². The Balaban J connectivity index is 2.42. The van der Waals surface area contributed by atoms with Crippen LogP contribution in [0.25, 0.3) is 0 Å². The zero-order valence-corrected chi connectivity index (χ0v) is 11.4. The summed E-state index contributed by atoms with van der Waals surface area (Å²) in [5.74, 6) is -0.206. The Hall–Kier alpha value is -0.650. The summed E-state index contributed by atoms with van der Waals surface area (Å²) in [5, 5.41) is 12.4. The van der Waals surface area contributed by atoms with Crippen molar-refractivity contribution in [2.45, 2.75) is 37.2 Å². The Labute approximate surface area is 111 Å². The molecular weight excluding hydrogens is 256 g/mol. The van der Waals surface area contributed by atoms with Gasteiger partial charge in [-0.3, -0.25) is 0 Å². The van der Waals surface area contributed by atoms with Crippen LogP contribution in [0.15, 0.2) is 23.1 Å². The number of nitrogens with one attached hydrogen (secondary N) is 1. The largest absolute Gasteiger partial charge is 0.395 e. The van der Waals surface area contributed by atoms with E-state index in [1.54, 1.807) is 0 Å². The fraction of sp³-hybridized carbons (Fsp3) is 0.538. The van der Waals surface area contributed by atoms with Crippen molar-refractivity contribution in [1.29, 1.82) is 0 Å². The van der Waals surface area contributed by atoms with Crippen LogP contribution in [-0.2, 0) is 0 Å². The van der Waals surface area contributed by atoms with E-state index < -0.39 is 11.6 Å². The van der Waals surface area contributed by atoms with Gasteiger partial charge in [-0.05, 0) is 30.4 Å². The fourth-order valence-corrected chi connectivity index (χ4v) is 2.62. The van der Waals surface area contributed by atoms with Gasteiger partial charge in [0, 0.05) is 17.0 Å². The second kappa shape index (κ2) is 7.71. The third-order valence-electron chi connectivity index (χ3n) is 2.41. The highest BCUT2D eigenvalue weighted by molar-refractivity contribution is 7.99. The molecule has 1 aromatic rings. The number of aliphatic hydroxyl groups excluding tert-OH is 1. The van der Waals surface area contributed by atoms with Crippen molar-refractivity contribution in [3.05, 3.63) is 29.8 Å². The van der Waals surface area contributed by atoms with Gasteiger partial charge in [-0.15, -0.1) is 11.8 Å². The van der Waals surface area contributed by atoms with E-state index in [2.05, 4.69) is 5.32 Å². The van der Waals surface area contributed by atoms with Crippen LogP contribution in [0.2, 0.25) is 0 Å². The lowest BCUT2D eigenvalue weighted by Gasteiger charge is -2.18. The number of halogens is 2. The SMILES string of the molecule is CC(C)NC(CO)CCSc1cc(F)ccc1F. The van der Waals surface area contributed by atoms with Gasteiger partial charge in [0.1, 0.15) is 11.6 Å². The molecule has 0 spiro atoms. The molecule has 18 heavy (non-hydrogen) atoms. The molecule has 1 aromatic carbocycles. The molecule has 0 bridgehead atoms. The van der Waals surface area contributed by atoms with Gasteiger partial charge in [-0.1, -0.05) is 13.8 Å². The van der Waals surface area contributed by atoms with E-state index in [0.717, 1.165) is 12.1 Å². The van der Waals surface area contributed by atoms with Crippen molar-refractivity contribution in [2.24, 2.45) is 0 Å². The van der Waals surface area contributed by atoms with Crippen LogP contribution in [0.1, 0.15) is 20.3 Å². The van der Waals surface area contributed by atoms with Crippen LogP contribution in [0.5, 0.6) is 0 Å². The summed E-state index contributed by atoms with van der Waals surface area (Å²) in [4.78, 5) is 0.316. The molecule has 0 aliphatic rings. The zero-order valence-electron chi connectivity index (χ0n) is 10.6. The van der Waals surface area contributed by atoms with Crippen molar-refractivity contribution in [3.63, 3.8) is 0 Å². The van der Waals surface area contributed by atoms with E-state index >= 15 is 0 Å². The summed E-state index contributed by atoms with van der Waals surface area (Å²) >= 11 is 1.27. The number of thioether (sulfide) groups is 1. The van der Waals surface area contributed by atoms with E-state index in [9.17, 15) is 8.78 Å². The number of hydrogen-bond acceptors (Lipinski definition) is 3. The van der Waals surface area contributed by atoms with Gasteiger partial charge in [0.05, 0.1) is 6.61 Å². The van der Waals surface area contributed by atoms with Crippen LogP contribution >= 0.6 is 11.8 Å². The van der Waals surface area contributed by atoms with Crippen molar-refractivity contribution in [2.75, 3.05) is 12.4 Å². The Bertz CT molecular complexity index is 374. The minimum Gasteiger partial charge on any atom is -0.395 e. The Morgan fingerprint density at radius 3 is 2.67 bits per heavy atom. The van der Waals surface area contributed by atoms with Crippen LogP contribution < -0.4 is 5.32 Å². The Morgan fingerprint density at radius 1 is 1.33 bits per heavy atom. The van der Waals surface area contributed by atoms with Crippen molar-refractivity contribution < 1.29 is 13.9 Å². The highest BCUT2D eigenvalue weighted by Gasteiger charge is 2.10. The van der Waals surface area contributed by atoms with Gasteiger partial charge in [-0.25, -0.2) is 8.78 Å². The normalized spacial score (nSPS) is 13.0. The third-order valence-corrected chi connectivity index (χ3v) is 3.47. The molecule has 0 amide bonds. The smallest absolute Gasteiger partial charge is 0.136 e. The maximum absolute atomic E-state index is 13.3. The molecular formula is C13H19F2NOS. The number of rotatable bonds is 7. The van der Waals surface area contributed by atoms with Gasteiger partial charge in [0.2, 0.25) is 0 Å². The summed E-state index contributed by atoms with van der Waals surface area (Å²) in [6, 6.07) is 3.72. The first-order valence-corrected chi connectivity index (χ1v) is 6.96. The molecule has 0 aromatic heterocycles. The molecule has 0 fully saturated rings. The lowest BCUT2D eigenvalue weighted by molar-refractivity contribution is 0.232.